The molecule has 10 nitrogen and oxygen atoms in total. The minimum absolute atomic E-state index is 0.130. The van der Waals surface area contributed by atoms with Crippen molar-refractivity contribution in [1.82, 2.24) is 5.32 Å². The lowest BCUT2D eigenvalue weighted by Gasteiger charge is -2.44. The maximum atomic E-state index is 13.9. The molecule has 3 aromatic rings. The normalized spacial score (nSPS) is 18.9. The van der Waals surface area contributed by atoms with Crippen LogP contribution in [0.5, 0.6) is 0 Å². The van der Waals surface area contributed by atoms with Crippen LogP contribution in [0, 0.1) is 0 Å². The maximum absolute atomic E-state index is 13.9. The Balaban J connectivity index is 1.48. The second kappa shape index (κ2) is 38.7. The summed E-state index contributed by atoms with van der Waals surface area (Å²) in [5, 5.41) is 25.3. The van der Waals surface area contributed by atoms with Gasteiger partial charge in [0, 0.05) is 6.42 Å². The van der Waals surface area contributed by atoms with Crippen molar-refractivity contribution in [1.29, 1.82) is 0 Å². The van der Waals surface area contributed by atoms with Crippen molar-refractivity contribution in [2.45, 2.75) is 237 Å². The van der Waals surface area contributed by atoms with E-state index in [1.807, 2.05) is 72.8 Å². The van der Waals surface area contributed by atoms with Gasteiger partial charge in [0.15, 0.2) is 6.29 Å². The van der Waals surface area contributed by atoms with Crippen LogP contribution in [0.1, 0.15) is 202 Å². The van der Waals surface area contributed by atoms with Gasteiger partial charge in [-0.05, 0) is 48.6 Å². The fourth-order valence-corrected chi connectivity index (χ4v) is 9.25. The molecule has 1 heterocycles. The molecule has 71 heavy (non-hydrogen) atoms. The van der Waals surface area contributed by atoms with Crippen LogP contribution in [0.25, 0.3) is 0 Å². The Kier molecular flexibility index (Phi) is 32.5. The van der Waals surface area contributed by atoms with Crippen molar-refractivity contribution in [2.24, 2.45) is 0 Å². The third-order valence-corrected chi connectivity index (χ3v) is 13.6. The number of rotatable bonds is 41. The standard InChI is InChI=1S/C61H93NO9/c1-3-5-7-9-11-13-15-17-19-21-23-25-36-44-54(70-60(66)52-42-34-29-35-43-52)53(62-56(64)45-37-26-24-22-20-18-16-14-12-10-8-6-4-2)49-69-61-59(68-48-51-40-32-28-33-41-51)58(57(65)55(46-63)71-61)67-47-50-38-30-27-31-39-50/h27-36,38-44,53-55,57-59,61,63,65H,3-26,37,45-49H2,1-2H3,(H,62,64)/b44-36+/t53?,54?,55-,57+,58+,59-,61-/m1/s1. The van der Waals surface area contributed by atoms with E-state index in [-0.39, 0.29) is 25.7 Å². The molecular formula is C61H93NO9. The van der Waals surface area contributed by atoms with Crippen molar-refractivity contribution < 1.29 is 43.5 Å². The minimum atomic E-state index is -1.24. The average Bonchev–Trinajstić information content (AvgIpc) is 3.40. The van der Waals surface area contributed by atoms with Crippen LogP contribution in [-0.4, -0.2) is 78.2 Å². The maximum Gasteiger partial charge on any atom is 0.338 e. The van der Waals surface area contributed by atoms with Crippen molar-refractivity contribution in [3.8, 4) is 0 Å². The highest BCUT2D eigenvalue weighted by Crippen LogP contribution is 2.29. The number of unbranched alkanes of at least 4 members (excludes halogenated alkanes) is 23. The Bertz CT molecular complexity index is 1780. The highest BCUT2D eigenvalue weighted by atomic mass is 16.7. The molecule has 4 rings (SSSR count). The van der Waals surface area contributed by atoms with Crippen molar-refractivity contribution in [3.05, 3.63) is 120 Å². The number of nitrogens with one attached hydrogen (secondary N) is 1. The summed E-state index contributed by atoms with van der Waals surface area (Å²) in [5.41, 5.74) is 2.21. The largest absolute Gasteiger partial charge is 0.452 e. The van der Waals surface area contributed by atoms with Crippen LogP contribution >= 0.6 is 0 Å². The number of benzene rings is 3. The van der Waals surface area contributed by atoms with E-state index in [4.69, 9.17) is 23.7 Å². The van der Waals surface area contributed by atoms with E-state index in [0.29, 0.717) is 12.0 Å². The lowest BCUT2D eigenvalue weighted by Crippen LogP contribution is -2.61. The van der Waals surface area contributed by atoms with E-state index >= 15 is 0 Å². The van der Waals surface area contributed by atoms with Gasteiger partial charge in [-0.2, -0.15) is 0 Å². The van der Waals surface area contributed by atoms with Crippen molar-refractivity contribution >= 4 is 11.9 Å². The molecule has 3 aromatic carbocycles. The van der Waals surface area contributed by atoms with Crippen LogP contribution in [0.3, 0.4) is 0 Å². The second-order valence-electron chi connectivity index (χ2n) is 19.7. The molecule has 1 amide bonds. The number of aliphatic hydroxyl groups is 2. The summed E-state index contributed by atoms with van der Waals surface area (Å²) in [5.74, 6) is -0.670. The van der Waals surface area contributed by atoms with Gasteiger partial charge in [-0.1, -0.05) is 240 Å². The Morgan fingerprint density at radius 1 is 0.592 bits per heavy atom. The first-order valence-corrected chi connectivity index (χ1v) is 28.0. The number of aliphatic hydroxyl groups excluding tert-OH is 2. The highest BCUT2D eigenvalue weighted by Gasteiger charge is 2.48. The van der Waals surface area contributed by atoms with Crippen molar-refractivity contribution in [2.75, 3.05) is 13.2 Å². The first-order valence-electron chi connectivity index (χ1n) is 28.0. The molecule has 10 heteroatoms. The van der Waals surface area contributed by atoms with Gasteiger partial charge in [0.1, 0.15) is 30.5 Å². The van der Waals surface area contributed by atoms with Gasteiger partial charge in [0.25, 0.3) is 0 Å². The van der Waals surface area contributed by atoms with Gasteiger partial charge in [-0.25, -0.2) is 4.79 Å². The monoisotopic (exact) mass is 984 g/mol. The van der Waals surface area contributed by atoms with Crippen molar-refractivity contribution in [3.63, 3.8) is 0 Å². The molecule has 0 bridgehead atoms. The third-order valence-electron chi connectivity index (χ3n) is 13.6. The van der Waals surface area contributed by atoms with E-state index < -0.39 is 55.4 Å². The molecule has 2 unspecified atom stereocenters. The number of carbonyl (C=O) groups excluding carboxylic acids is 2. The Morgan fingerprint density at radius 3 is 1.54 bits per heavy atom. The zero-order chi connectivity index (χ0) is 50.4. The van der Waals surface area contributed by atoms with Crippen LogP contribution in [0.2, 0.25) is 0 Å². The zero-order valence-corrected chi connectivity index (χ0v) is 43.8. The van der Waals surface area contributed by atoms with E-state index in [0.717, 1.165) is 49.7 Å². The summed E-state index contributed by atoms with van der Waals surface area (Å²) >= 11 is 0. The van der Waals surface area contributed by atoms with Gasteiger partial charge < -0.3 is 39.2 Å². The molecule has 7 atom stereocenters. The zero-order valence-electron chi connectivity index (χ0n) is 43.8. The predicted octanol–water partition coefficient (Wildman–Crippen LogP) is 13.7. The van der Waals surface area contributed by atoms with Gasteiger partial charge in [-0.3, -0.25) is 4.79 Å². The predicted molar refractivity (Wildman–Crippen MR) is 286 cm³/mol. The third kappa shape index (κ3) is 25.6. The minimum Gasteiger partial charge on any atom is -0.452 e. The summed E-state index contributed by atoms with van der Waals surface area (Å²) in [6, 6.07) is 27.4. The molecule has 1 fully saturated rings. The number of ether oxygens (including phenoxy) is 5. The van der Waals surface area contributed by atoms with Gasteiger partial charge in [0.2, 0.25) is 5.91 Å². The average molecular weight is 984 g/mol. The number of amides is 1. The SMILES string of the molecule is CCCCCCCCCCCCC/C=C/C(OC(=O)c1ccccc1)C(CO[C@@H]1O[C@H](CO)[C@H](O)[C@H](OCc2ccccc2)[C@H]1OCc1ccccc1)NC(=O)CCCCCCCCCCCCCCC. The molecule has 3 N–H and O–H groups in total. The number of hydrogen-bond acceptors (Lipinski definition) is 9. The first-order chi connectivity index (χ1) is 34.9. The highest BCUT2D eigenvalue weighted by molar-refractivity contribution is 5.89. The molecule has 0 spiro atoms. The molecule has 1 saturated heterocycles. The topological polar surface area (TPSA) is 133 Å². The van der Waals surface area contributed by atoms with Crippen LogP contribution < -0.4 is 5.32 Å². The lowest BCUT2D eigenvalue weighted by molar-refractivity contribution is -0.320. The first kappa shape index (κ1) is 59.7. The summed E-state index contributed by atoms with van der Waals surface area (Å²) in [6.07, 6.45) is 28.4. The Morgan fingerprint density at radius 2 is 1.04 bits per heavy atom. The smallest absolute Gasteiger partial charge is 0.338 e. The van der Waals surface area contributed by atoms with Crippen LogP contribution in [0.15, 0.2) is 103 Å². The van der Waals surface area contributed by atoms with Crippen LogP contribution in [-0.2, 0) is 41.7 Å². The van der Waals surface area contributed by atoms with E-state index in [9.17, 15) is 19.8 Å². The lowest BCUT2D eigenvalue weighted by atomic mass is 9.98. The van der Waals surface area contributed by atoms with Gasteiger partial charge >= 0.3 is 5.97 Å². The van der Waals surface area contributed by atoms with Gasteiger partial charge in [-0.15, -0.1) is 0 Å². The second-order valence-corrected chi connectivity index (χ2v) is 19.7. The molecule has 0 aliphatic carbocycles. The Labute approximate surface area is 429 Å². The number of carbonyl (C=O) groups is 2. The quantitative estimate of drug-likeness (QED) is 0.0289. The van der Waals surface area contributed by atoms with E-state index in [1.54, 1.807) is 24.3 Å². The molecule has 0 saturated carbocycles. The fraction of sp³-hybridized carbons (Fsp3) is 0.639. The van der Waals surface area contributed by atoms with Gasteiger partial charge in [0.05, 0.1) is 38.0 Å². The summed E-state index contributed by atoms with van der Waals surface area (Å²) < 4.78 is 32.1. The Hall–Kier alpha value is -3.90. The van der Waals surface area contributed by atoms with Crippen LogP contribution in [0.4, 0.5) is 0 Å². The molecule has 1 aliphatic rings. The number of hydrogen-bond donors (Lipinski definition) is 3. The molecule has 0 radical (unpaired) electrons. The number of allylic oxidation sites excluding steroid dienone is 1. The van der Waals surface area contributed by atoms with E-state index in [1.165, 1.54) is 122 Å². The fourth-order valence-electron chi connectivity index (χ4n) is 9.25. The summed E-state index contributed by atoms with van der Waals surface area (Å²) in [4.78, 5) is 27.7. The number of esters is 1. The molecular weight excluding hydrogens is 891 g/mol. The molecule has 396 valence electrons. The van der Waals surface area contributed by atoms with E-state index in [2.05, 4.69) is 25.2 Å². The molecule has 0 aromatic heterocycles. The summed E-state index contributed by atoms with van der Waals surface area (Å²) in [6.45, 7) is 4.25. The molecule has 1 aliphatic heterocycles. The summed E-state index contributed by atoms with van der Waals surface area (Å²) in [7, 11) is 0.